The van der Waals surface area contributed by atoms with Crippen LogP contribution in [0.25, 0.3) is 11.3 Å². The summed E-state index contributed by atoms with van der Waals surface area (Å²) in [6.45, 7) is 2.25. The molecule has 0 aliphatic heterocycles. The molecule has 1 N–H and O–H groups in total. The second kappa shape index (κ2) is 8.78. The standard InChI is InChI=1S/C22H23F2N3O/c1-15-13-17(8-11-19(15)24)21-14-20(26-27(21)2)22(28)25-12-4-3-5-16-6-9-18(23)10-7-16/h6-11,13-14H,3-5,12H2,1-2H3,(H,25,28). The lowest BCUT2D eigenvalue weighted by Crippen LogP contribution is -2.25. The first-order valence-corrected chi connectivity index (χ1v) is 9.27. The van der Waals surface area contributed by atoms with Crippen LogP contribution >= 0.6 is 0 Å². The summed E-state index contributed by atoms with van der Waals surface area (Å²) >= 11 is 0. The maximum Gasteiger partial charge on any atom is 0.271 e. The van der Waals surface area contributed by atoms with E-state index < -0.39 is 0 Å². The second-order valence-corrected chi connectivity index (χ2v) is 6.84. The summed E-state index contributed by atoms with van der Waals surface area (Å²) in [5.74, 6) is -0.728. The maximum atomic E-state index is 13.5. The molecule has 0 saturated heterocycles. The van der Waals surface area contributed by atoms with Gasteiger partial charge in [-0.3, -0.25) is 9.48 Å². The van der Waals surface area contributed by atoms with Crippen molar-refractivity contribution in [1.29, 1.82) is 0 Å². The number of unbranched alkanes of at least 4 members (excludes halogenated alkanes) is 1. The van der Waals surface area contributed by atoms with Crippen molar-refractivity contribution in [2.75, 3.05) is 6.54 Å². The minimum atomic E-state index is -0.260. The Balaban J connectivity index is 1.52. The Morgan fingerprint density at radius 3 is 2.54 bits per heavy atom. The number of halogens is 2. The summed E-state index contributed by atoms with van der Waals surface area (Å²) < 4.78 is 28.0. The van der Waals surface area contributed by atoms with E-state index in [1.54, 1.807) is 49.0 Å². The molecule has 0 fully saturated rings. The molecule has 146 valence electrons. The summed E-state index contributed by atoms with van der Waals surface area (Å²) in [4.78, 5) is 12.3. The van der Waals surface area contributed by atoms with Crippen LogP contribution in [0.4, 0.5) is 8.78 Å². The molecular formula is C22H23F2N3O. The Morgan fingerprint density at radius 2 is 1.82 bits per heavy atom. The highest BCUT2D eigenvalue weighted by Gasteiger charge is 2.14. The minimum Gasteiger partial charge on any atom is -0.351 e. The van der Waals surface area contributed by atoms with Crippen molar-refractivity contribution in [3.8, 4) is 11.3 Å². The fourth-order valence-electron chi connectivity index (χ4n) is 3.05. The van der Waals surface area contributed by atoms with Gasteiger partial charge in [0.15, 0.2) is 5.69 Å². The van der Waals surface area contributed by atoms with Gasteiger partial charge in [0.05, 0.1) is 5.69 Å². The molecule has 0 aliphatic rings. The third-order valence-electron chi connectivity index (χ3n) is 4.66. The smallest absolute Gasteiger partial charge is 0.271 e. The van der Waals surface area contributed by atoms with E-state index in [1.807, 2.05) is 0 Å². The van der Waals surface area contributed by atoms with E-state index >= 15 is 0 Å². The zero-order valence-corrected chi connectivity index (χ0v) is 16.0. The quantitative estimate of drug-likeness (QED) is 0.614. The van der Waals surface area contributed by atoms with Crippen LogP contribution in [0.2, 0.25) is 0 Å². The number of rotatable bonds is 7. The van der Waals surface area contributed by atoms with Crippen molar-refractivity contribution in [2.24, 2.45) is 7.05 Å². The molecule has 0 bridgehead atoms. The van der Waals surface area contributed by atoms with Crippen LogP contribution in [0, 0.1) is 18.6 Å². The average Bonchev–Trinajstić information content (AvgIpc) is 3.07. The molecule has 0 atom stereocenters. The number of nitrogens with zero attached hydrogens (tertiary/aromatic N) is 2. The number of hydrogen-bond acceptors (Lipinski definition) is 2. The van der Waals surface area contributed by atoms with Gasteiger partial charge in [0, 0.05) is 19.2 Å². The third-order valence-corrected chi connectivity index (χ3v) is 4.66. The van der Waals surface area contributed by atoms with Gasteiger partial charge in [0.2, 0.25) is 0 Å². The number of nitrogens with one attached hydrogen (secondary N) is 1. The lowest BCUT2D eigenvalue weighted by atomic mass is 10.1. The Labute approximate surface area is 163 Å². The molecule has 0 radical (unpaired) electrons. The number of hydrogen-bond donors (Lipinski definition) is 1. The molecule has 0 aliphatic carbocycles. The number of benzene rings is 2. The number of aromatic nitrogens is 2. The maximum absolute atomic E-state index is 13.5. The normalized spacial score (nSPS) is 10.9. The van der Waals surface area contributed by atoms with Crippen LogP contribution in [0.15, 0.2) is 48.5 Å². The average molecular weight is 383 g/mol. The van der Waals surface area contributed by atoms with E-state index in [1.165, 1.54) is 18.2 Å². The van der Waals surface area contributed by atoms with E-state index in [0.29, 0.717) is 17.8 Å². The second-order valence-electron chi connectivity index (χ2n) is 6.84. The van der Waals surface area contributed by atoms with Crippen LogP contribution in [0.3, 0.4) is 0 Å². The highest BCUT2D eigenvalue weighted by Crippen LogP contribution is 2.22. The molecule has 1 aromatic heterocycles. The molecule has 0 unspecified atom stereocenters. The molecule has 0 saturated carbocycles. The predicted molar refractivity (Wildman–Crippen MR) is 105 cm³/mol. The van der Waals surface area contributed by atoms with Crippen molar-refractivity contribution in [1.82, 2.24) is 15.1 Å². The zero-order valence-electron chi connectivity index (χ0n) is 16.0. The van der Waals surface area contributed by atoms with E-state index in [0.717, 1.165) is 36.1 Å². The fourth-order valence-corrected chi connectivity index (χ4v) is 3.05. The van der Waals surface area contributed by atoms with Crippen molar-refractivity contribution < 1.29 is 13.6 Å². The van der Waals surface area contributed by atoms with Crippen molar-refractivity contribution >= 4 is 5.91 Å². The Kier molecular flexibility index (Phi) is 6.19. The number of aryl methyl sites for hydroxylation is 3. The SMILES string of the molecule is Cc1cc(-c2cc(C(=O)NCCCCc3ccc(F)cc3)nn2C)ccc1F. The first-order chi connectivity index (χ1) is 13.4. The zero-order chi connectivity index (χ0) is 20.1. The predicted octanol–water partition coefficient (Wildman–Crippen LogP) is 4.43. The van der Waals surface area contributed by atoms with Crippen LogP contribution in [-0.2, 0) is 13.5 Å². The molecule has 3 rings (SSSR count). The van der Waals surface area contributed by atoms with Gasteiger partial charge >= 0.3 is 0 Å². The first-order valence-electron chi connectivity index (χ1n) is 9.27. The van der Waals surface area contributed by atoms with Crippen LogP contribution in [-0.4, -0.2) is 22.2 Å². The molecule has 2 aromatic carbocycles. The Hall–Kier alpha value is -3.02. The largest absolute Gasteiger partial charge is 0.351 e. The lowest BCUT2D eigenvalue weighted by molar-refractivity contribution is 0.0947. The molecular weight excluding hydrogens is 360 g/mol. The highest BCUT2D eigenvalue weighted by molar-refractivity contribution is 5.93. The van der Waals surface area contributed by atoms with E-state index in [2.05, 4.69) is 10.4 Å². The van der Waals surface area contributed by atoms with E-state index in [4.69, 9.17) is 0 Å². The van der Waals surface area contributed by atoms with Crippen LogP contribution in [0.1, 0.15) is 34.5 Å². The van der Waals surface area contributed by atoms with Gasteiger partial charge in [-0.1, -0.05) is 12.1 Å². The van der Waals surface area contributed by atoms with Crippen molar-refractivity contribution in [3.63, 3.8) is 0 Å². The fraction of sp³-hybridized carbons (Fsp3) is 0.273. The highest BCUT2D eigenvalue weighted by atomic mass is 19.1. The van der Waals surface area contributed by atoms with E-state index in [9.17, 15) is 13.6 Å². The number of amides is 1. The molecule has 0 spiro atoms. The Morgan fingerprint density at radius 1 is 1.07 bits per heavy atom. The summed E-state index contributed by atoms with van der Waals surface area (Å²) in [5.41, 5.74) is 3.53. The van der Waals surface area contributed by atoms with Crippen molar-refractivity contribution in [3.05, 3.63) is 77.0 Å². The third kappa shape index (κ3) is 4.82. The molecule has 6 heteroatoms. The lowest BCUT2D eigenvalue weighted by Gasteiger charge is -2.04. The first kappa shape index (κ1) is 19.7. The summed E-state index contributed by atoms with van der Waals surface area (Å²) in [6.07, 6.45) is 2.56. The van der Waals surface area contributed by atoms with Gasteiger partial charge in [0.1, 0.15) is 11.6 Å². The monoisotopic (exact) mass is 383 g/mol. The van der Waals surface area contributed by atoms with Gasteiger partial charge in [-0.25, -0.2) is 8.78 Å². The number of carbonyl (C=O) groups is 1. The molecule has 4 nitrogen and oxygen atoms in total. The minimum absolute atomic E-state index is 0.234. The summed E-state index contributed by atoms with van der Waals surface area (Å²) in [6, 6.07) is 13.0. The van der Waals surface area contributed by atoms with Gasteiger partial charge < -0.3 is 5.32 Å². The summed E-state index contributed by atoms with van der Waals surface area (Å²) in [5, 5.41) is 7.14. The number of carbonyl (C=O) groups excluding carboxylic acids is 1. The molecule has 28 heavy (non-hydrogen) atoms. The Bertz CT molecular complexity index is 964. The molecule has 1 heterocycles. The topological polar surface area (TPSA) is 46.9 Å². The van der Waals surface area contributed by atoms with Gasteiger partial charge in [-0.15, -0.1) is 0 Å². The van der Waals surface area contributed by atoms with Crippen LogP contribution < -0.4 is 5.32 Å². The van der Waals surface area contributed by atoms with Crippen LogP contribution in [0.5, 0.6) is 0 Å². The summed E-state index contributed by atoms with van der Waals surface area (Å²) in [7, 11) is 1.76. The van der Waals surface area contributed by atoms with E-state index in [-0.39, 0.29) is 17.5 Å². The molecule has 3 aromatic rings. The van der Waals surface area contributed by atoms with Gasteiger partial charge in [0.25, 0.3) is 5.91 Å². The van der Waals surface area contributed by atoms with Crippen molar-refractivity contribution in [2.45, 2.75) is 26.2 Å². The molecule has 1 amide bonds. The van der Waals surface area contributed by atoms with Gasteiger partial charge in [-0.2, -0.15) is 5.10 Å². The van der Waals surface area contributed by atoms with Gasteiger partial charge in [-0.05, 0) is 73.7 Å².